The van der Waals surface area contributed by atoms with Gasteiger partial charge in [-0.1, -0.05) is 12.1 Å². The minimum atomic E-state index is 0.765. The van der Waals surface area contributed by atoms with Crippen LogP contribution in [0.4, 0.5) is 11.6 Å². The number of benzene rings is 1. The van der Waals surface area contributed by atoms with E-state index in [1.54, 1.807) is 13.3 Å². The first-order valence-electron chi connectivity index (χ1n) is 7.19. The van der Waals surface area contributed by atoms with Gasteiger partial charge in [-0.15, -0.1) is 0 Å². The van der Waals surface area contributed by atoms with E-state index in [4.69, 9.17) is 4.74 Å². The Morgan fingerprint density at radius 1 is 1.05 bits per heavy atom. The lowest BCUT2D eigenvalue weighted by atomic mass is 10.2. The summed E-state index contributed by atoms with van der Waals surface area (Å²) in [6.07, 6.45) is 2.72. The van der Waals surface area contributed by atoms with Crippen LogP contribution in [-0.4, -0.2) is 29.6 Å². The number of anilines is 2. The zero-order chi connectivity index (χ0) is 15.2. The fraction of sp³-hybridized carbons (Fsp3) is 0.250. The highest BCUT2D eigenvalue weighted by atomic mass is 32.1. The Morgan fingerprint density at radius 2 is 1.86 bits per heavy atom. The van der Waals surface area contributed by atoms with Crippen LogP contribution >= 0.6 is 11.5 Å². The van der Waals surface area contributed by atoms with Gasteiger partial charge in [-0.3, -0.25) is 0 Å². The first kappa shape index (κ1) is 14.6. The topological polar surface area (TPSA) is 59.1 Å². The number of rotatable bonds is 7. The molecule has 5 nitrogen and oxygen atoms in total. The van der Waals surface area contributed by atoms with Gasteiger partial charge >= 0.3 is 0 Å². The lowest BCUT2D eigenvalue weighted by Gasteiger charge is -2.09. The van der Waals surface area contributed by atoms with Crippen LogP contribution in [0.3, 0.4) is 0 Å². The van der Waals surface area contributed by atoms with Gasteiger partial charge in [0.15, 0.2) is 11.6 Å². The van der Waals surface area contributed by atoms with E-state index in [0.29, 0.717) is 0 Å². The quantitative estimate of drug-likeness (QED) is 0.652. The van der Waals surface area contributed by atoms with E-state index >= 15 is 0 Å². The number of ether oxygens (including phenoxy) is 1. The van der Waals surface area contributed by atoms with E-state index in [2.05, 4.69) is 32.1 Å². The Morgan fingerprint density at radius 3 is 2.73 bits per heavy atom. The second-order valence-electron chi connectivity index (χ2n) is 4.79. The largest absolute Gasteiger partial charge is 0.493 e. The predicted octanol–water partition coefficient (Wildman–Crippen LogP) is 3.61. The molecular formula is C16H18N4OS. The van der Waals surface area contributed by atoms with Crippen molar-refractivity contribution in [2.45, 2.75) is 6.42 Å². The third kappa shape index (κ3) is 3.28. The second kappa shape index (κ2) is 7.09. The highest BCUT2D eigenvalue weighted by Crippen LogP contribution is 2.26. The Hall–Kier alpha value is -2.34. The maximum atomic E-state index is 5.26. The summed E-state index contributed by atoms with van der Waals surface area (Å²) in [5.41, 5.74) is 0. The van der Waals surface area contributed by atoms with Crippen LogP contribution in [-0.2, 0) is 0 Å². The molecule has 0 unspecified atom stereocenters. The van der Waals surface area contributed by atoms with Crippen molar-refractivity contribution < 1.29 is 4.74 Å². The molecule has 3 aromatic rings. The zero-order valence-electron chi connectivity index (χ0n) is 12.4. The monoisotopic (exact) mass is 314 g/mol. The van der Waals surface area contributed by atoms with E-state index in [-0.39, 0.29) is 0 Å². The van der Waals surface area contributed by atoms with E-state index in [9.17, 15) is 0 Å². The van der Waals surface area contributed by atoms with Gasteiger partial charge in [-0.05, 0) is 42.2 Å². The number of pyridine rings is 1. The van der Waals surface area contributed by atoms with E-state index in [0.717, 1.165) is 36.9 Å². The predicted molar refractivity (Wildman–Crippen MR) is 92.0 cm³/mol. The van der Waals surface area contributed by atoms with Gasteiger partial charge in [-0.2, -0.15) is 4.37 Å². The van der Waals surface area contributed by atoms with Crippen molar-refractivity contribution >= 4 is 33.3 Å². The first-order valence-corrected chi connectivity index (χ1v) is 7.97. The first-order chi connectivity index (χ1) is 10.9. The molecule has 3 rings (SSSR count). The third-order valence-electron chi connectivity index (χ3n) is 3.31. The number of fused-ring (bicyclic) bond motifs is 1. The summed E-state index contributed by atoms with van der Waals surface area (Å²) in [5.74, 6) is 2.51. The van der Waals surface area contributed by atoms with Gasteiger partial charge in [0.25, 0.3) is 0 Å². The van der Waals surface area contributed by atoms with Crippen molar-refractivity contribution in [2.24, 2.45) is 0 Å². The van der Waals surface area contributed by atoms with Crippen LogP contribution in [0.5, 0.6) is 5.75 Å². The molecule has 2 aromatic heterocycles. The Labute approximate surface area is 133 Å². The van der Waals surface area contributed by atoms with Crippen LogP contribution in [0.1, 0.15) is 6.42 Å². The highest BCUT2D eigenvalue weighted by Gasteiger charge is 2.04. The van der Waals surface area contributed by atoms with Crippen LogP contribution in [0, 0.1) is 0 Å². The lowest BCUT2D eigenvalue weighted by Crippen LogP contribution is -2.10. The molecule has 6 heteroatoms. The zero-order valence-corrected chi connectivity index (χ0v) is 13.2. The SMILES string of the molecule is COc1cccnc1NCCCNc1nsc2ccccc12. The molecule has 0 fully saturated rings. The third-order valence-corrected chi connectivity index (χ3v) is 4.13. The molecule has 22 heavy (non-hydrogen) atoms. The number of methoxy groups -OCH3 is 1. The summed E-state index contributed by atoms with van der Waals surface area (Å²) in [6, 6.07) is 12.0. The van der Waals surface area contributed by atoms with Crippen molar-refractivity contribution in [3.05, 3.63) is 42.6 Å². The molecule has 0 saturated carbocycles. The van der Waals surface area contributed by atoms with Crippen molar-refractivity contribution in [3.63, 3.8) is 0 Å². The second-order valence-corrected chi connectivity index (χ2v) is 5.59. The number of nitrogens with zero attached hydrogens (tertiary/aromatic N) is 2. The molecule has 0 aliphatic carbocycles. The van der Waals surface area contributed by atoms with Gasteiger partial charge in [0.2, 0.25) is 0 Å². The summed E-state index contributed by atoms with van der Waals surface area (Å²) < 4.78 is 10.9. The molecule has 0 radical (unpaired) electrons. The molecule has 0 aliphatic rings. The van der Waals surface area contributed by atoms with Gasteiger partial charge in [0.1, 0.15) is 5.82 Å². The minimum Gasteiger partial charge on any atom is -0.493 e. The molecule has 0 amide bonds. The van der Waals surface area contributed by atoms with Crippen LogP contribution in [0.2, 0.25) is 0 Å². The summed E-state index contributed by atoms with van der Waals surface area (Å²) >= 11 is 1.52. The van der Waals surface area contributed by atoms with E-state index in [1.165, 1.54) is 21.6 Å². The average molecular weight is 314 g/mol. The fourth-order valence-electron chi connectivity index (χ4n) is 2.20. The number of nitrogens with one attached hydrogen (secondary N) is 2. The molecular weight excluding hydrogens is 296 g/mol. The molecule has 1 aromatic carbocycles. The summed E-state index contributed by atoms with van der Waals surface area (Å²) in [7, 11) is 1.65. The molecule has 0 saturated heterocycles. The summed E-state index contributed by atoms with van der Waals surface area (Å²) in [5, 5.41) is 7.86. The molecule has 0 aliphatic heterocycles. The van der Waals surface area contributed by atoms with Crippen molar-refractivity contribution in [1.82, 2.24) is 9.36 Å². The van der Waals surface area contributed by atoms with Crippen molar-refractivity contribution in [2.75, 3.05) is 30.8 Å². The average Bonchev–Trinajstić information content (AvgIpc) is 2.98. The highest BCUT2D eigenvalue weighted by molar-refractivity contribution is 7.13. The van der Waals surface area contributed by atoms with Crippen molar-refractivity contribution in [1.29, 1.82) is 0 Å². The lowest BCUT2D eigenvalue weighted by molar-refractivity contribution is 0.415. The van der Waals surface area contributed by atoms with Gasteiger partial charge < -0.3 is 15.4 Å². The molecule has 2 heterocycles. The van der Waals surface area contributed by atoms with E-state index < -0.39 is 0 Å². The normalized spacial score (nSPS) is 10.6. The van der Waals surface area contributed by atoms with E-state index in [1.807, 2.05) is 24.3 Å². The molecule has 114 valence electrons. The van der Waals surface area contributed by atoms with Crippen LogP contribution in [0.25, 0.3) is 10.1 Å². The number of hydrogen-bond donors (Lipinski definition) is 2. The fourth-order valence-corrected chi connectivity index (χ4v) is 2.96. The maximum absolute atomic E-state index is 5.26. The Balaban J connectivity index is 1.48. The standard InChI is InChI=1S/C16H18N4OS/c1-21-13-7-4-9-18-16(13)19-11-5-10-17-15-12-6-2-3-8-14(12)22-20-15/h2-4,6-9H,5,10-11H2,1H3,(H,17,20)(H,18,19). The molecule has 0 spiro atoms. The summed E-state index contributed by atoms with van der Waals surface area (Å²) in [4.78, 5) is 4.27. The summed E-state index contributed by atoms with van der Waals surface area (Å²) in [6.45, 7) is 1.68. The molecule has 0 atom stereocenters. The number of aromatic nitrogens is 2. The maximum Gasteiger partial charge on any atom is 0.168 e. The molecule has 0 bridgehead atoms. The Bertz CT molecular complexity index is 744. The Kier molecular flexibility index (Phi) is 4.70. The minimum absolute atomic E-state index is 0.765. The number of hydrogen-bond acceptors (Lipinski definition) is 6. The van der Waals surface area contributed by atoms with Gasteiger partial charge in [0, 0.05) is 24.7 Å². The van der Waals surface area contributed by atoms with Crippen LogP contribution < -0.4 is 15.4 Å². The van der Waals surface area contributed by atoms with Crippen LogP contribution in [0.15, 0.2) is 42.6 Å². The van der Waals surface area contributed by atoms with Gasteiger partial charge in [0.05, 0.1) is 11.8 Å². The van der Waals surface area contributed by atoms with Crippen molar-refractivity contribution in [3.8, 4) is 5.75 Å². The smallest absolute Gasteiger partial charge is 0.168 e. The molecule has 2 N–H and O–H groups in total. The van der Waals surface area contributed by atoms with Gasteiger partial charge in [-0.25, -0.2) is 4.98 Å².